The predicted molar refractivity (Wildman–Crippen MR) is 116 cm³/mol. The Hall–Kier alpha value is -2.86. The van der Waals surface area contributed by atoms with Crippen LogP contribution in [0.1, 0.15) is 17.3 Å². The number of benzene rings is 1. The fourth-order valence-electron chi connectivity index (χ4n) is 2.76. The van der Waals surface area contributed by atoms with E-state index in [1.807, 2.05) is 11.1 Å². The van der Waals surface area contributed by atoms with Gasteiger partial charge in [0.1, 0.15) is 5.88 Å². The molecule has 1 aromatic heterocycles. The summed E-state index contributed by atoms with van der Waals surface area (Å²) in [6.45, 7) is 3.34. The van der Waals surface area contributed by atoms with Gasteiger partial charge in [0.05, 0.1) is 29.5 Å². The zero-order chi connectivity index (χ0) is 22.2. The van der Waals surface area contributed by atoms with E-state index in [4.69, 9.17) is 4.52 Å². The van der Waals surface area contributed by atoms with Crippen molar-refractivity contribution < 1.29 is 28.5 Å². The normalized spacial score (nSPS) is 13.7. The molecular weight excluding hydrogens is 442 g/mol. The maximum atomic E-state index is 12.4. The molecule has 0 radical (unpaired) electrons. The van der Waals surface area contributed by atoms with Crippen molar-refractivity contribution in [1.82, 2.24) is 10.2 Å². The SMILES string of the molecule is CC(=O)SCC(=O)[N-]c1c[n+](N2CCN(C(=O)CSC(=O)c3ccccc3)CC2)no1. The van der Waals surface area contributed by atoms with Gasteiger partial charge in [-0.3, -0.25) is 14.4 Å². The van der Waals surface area contributed by atoms with Gasteiger partial charge < -0.3 is 19.5 Å². The van der Waals surface area contributed by atoms with Gasteiger partial charge in [0.2, 0.25) is 16.3 Å². The van der Waals surface area contributed by atoms with Crippen LogP contribution in [0, 0.1) is 0 Å². The van der Waals surface area contributed by atoms with Crippen molar-refractivity contribution in [3.05, 3.63) is 47.4 Å². The van der Waals surface area contributed by atoms with Crippen LogP contribution in [-0.2, 0) is 14.4 Å². The number of hydrogen-bond donors (Lipinski definition) is 0. The molecular formula is C19H21N5O5S2. The number of hydrogen-bond acceptors (Lipinski definition) is 9. The smallest absolute Gasteiger partial charge is 0.257 e. The number of carbonyl (C=O) groups is 4. The van der Waals surface area contributed by atoms with Crippen molar-refractivity contribution in [2.45, 2.75) is 6.92 Å². The summed E-state index contributed by atoms with van der Waals surface area (Å²) in [5.74, 6) is -0.496. The minimum Gasteiger partial charge on any atom is -0.588 e. The molecule has 1 fully saturated rings. The van der Waals surface area contributed by atoms with Crippen LogP contribution in [0.3, 0.4) is 0 Å². The highest BCUT2D eigenvalue weighted by atomic mass is 32.2. The van der Waals surface area contributed by atoms with Gasteiger partial charge in [0.25, 0.3) is 6.20 Å². The van der Waals surface area contributed by atoms with Crippen LogP contribution in [-0.4, -0.2) is 69.9 Å². The average molecular weight is 464 g/mol. The van der Waals surface area contributed by atoms with E-state index in [1.165, 1.54) is 17.9 Å². The Balaban J connectivity index is 1.42. The van der Waals surface area contributed by atoms with E-state index in [9.17, 15) is 19.2 Å². The number of nitrogens with zero attached hydrogens (tertiary/aromatic N) is 5. The van der Waals surface area contributed by atoms with E-state index in [0.29, 0.717) is 31.7 Å². The van der Waals surface area contributed by atoms with Gasteiger partial charge in [-0.1, -0.05) is 53.9 Å². The van der Waals surface area contributed by atoms with Crippen molar-refractivity contribution in [2.24, 2.45) is 0 Å². The molecule has 31 heavy (non-hydrogen) atoms. The fourth-order valence-corrected chi connectivity index (χ4v) is 3.89. The van der Waals surface area contributed by atoms with Crippen molar-refractivity contribution in [3.63, 3.8) is 0 Å². The number of carbonyl (C=O) groups excluding carboxylic acids is 4. The zero-order valence-corrected chi connectivity index (χ0v) is 18.4. The number of rotatable bonds is 7. The topological polar surface area (TPSA) is 119 Å². The first kappa shape index (κ1) is 22.8. The Kier molecular flexibility index (Phi) is 8.06. The monoisotopic (exact) mass is 463 g/mol. The van der Waals surface area contributed by atoms with Crippen LogP contribution in [0.2, 0.25) is 0 Å². The molecule has 10 nitrogen and oxygen atoms in total. The highest BCUT2D eigenvalue weighted by Gasteiger charge is 2.27. The van der Waals surface area contributed by atoms with Gasteiger partial charge in [-0.2, -0.15) is 0 Å². The van der Waals surface area contributed by atoms with Crippen molar-refractivity contribution in [1.29, 1.82) is 0 Å². The third kappa shape index (κ3) is 6.82. The molecule has 0 saturated carbocycles. The molecule has 0 unspecified atom stereocenters. The Labute approximate surface area is 187 Å². The molecule has 2 heterocycles. The Morgan fingerprint density at radius 3 is 2.45 bits per heavy atom. The first-order valence-electron chi connectivity index (χ1n) is 9.44. The fraction of sp³-hybridized carbons (Fsp3) is 0.368. The molecule has 3 rings (SSSR count). The lowest BCUT2D eigenvalue weighted by atomic mass is 10.2. The molecule has 1 saturated heterocycles. The maximum absolute atomic E-state index is 12.4. The predicted octanol–water partition coefficient (Wildman–Crippen LogP) is 1.13. The molecule has 2 amide bonds. The minimum atomic E-state index is -0.485. The lowest BCUT2D eigenvalue weighted by Crippen LogP contribution is -2.66. The number of amides is 2. The van der Waals surface area contributed by atoms with E-state index in [0.717, 1.165) is 23.5 Å². The van der Waals surface area contributed by atoms with E-state index in [2.05, 4.69) is 10.6 Å². The van der Waals surface area contributed by atoms with E-state index in [-0.39, 0.29) is 33.5 Å². The van der Waals surface area contributed by atoms with Gasteiger partial charge in [-0.25, -0.2) is 0 Å². The number of aromatic nitrogens is 2. The summed E-state index contributed by atoms with van der Waals surface area (Å²) in [5.41, 5.74) is 0.576. The van der Waals surface area contributed by atoms with Gasteiger partial charge in [0.15, 0.2) is 5.12 Å². The highest BCUT2D eigenvalue weighted by molar-refractivity contribution is 8.14. The first-order valence-corrected chi connectivity index (χ1v) is 11.4. The third-order valence-corrected chi connectivity index (χ3v) is 6.00. The van der Waals surface area contributed by atoms with Crippen LogP contribution in [0.25, 0.3) is 5.32 Å². The Bertz CT molecular complexity index is 944. The molecule has 1 aromatic carbocycles. The second kappa shape index (κ2) is 11.0. The quantitative estimate of drug-likeness (QED) is 0.557. The second-order valence-electron chi connectivity index (χ2n) is 6.52. The van der Waals surface area contributed by atoms with Crippen LogP contribution in [0.5, 0.6) is 0 Å². The largest absolute Gasteiger partial charge is 0.588 e. The van der Waals surface area contributed by atoms with Gasteiger partial charge in [-0.05, 0) is 0 Å². The summed E-state index contributed by atoms with van der Waals surface area (Å²) < 4.78 is 5.04. The lowest BCUT2D eigenvalue weighted by molar-refractivity contribution is -0.759. The van der Waals surface area contributed by atoms with Crippen molar-refractivity contribution in [2.75, 3.05) is 42.7 Å². The van der Waals surface area contributed by atoms with Gasteiger partial charge in [0, 0.05) is 31.3 Å². The van der Waals surface area contributed by atoms with Crippen LogP contribution in [0.4, 0.5) is 5.88 Å². The van der Waals surface area contributed by atoms with Crippen molar-refractivity contribution >= 4 is 51.5 Å². The van der Waals surface area contributed by atoms with Gasteiger partial charge >= 0.3 is 0 Å². The average Bonchev–Trinajstić information content (AvgIpc) is 3.25. The van der Waals surface area contributed by atoms with Crippen molar-refractivity contribution in [3.8, 4) is 0 Å². The molecule has 2 aromatic rings. The molecule has 0 spiro atoms. The summed E-state index contributed by atoms with van der Waals surface area (Å²) >= 11 is 1.88. The van der Waals surface area contributed by atoms with Crippen LogP contribution in [0.15, 0.2) is 41.1 Å². The summed E-state index contributed by atoms with van der Waals surface area (Å²) in [4.78, 5) is 50.3. The Morgan fingerprint density at radius 2 is 1.77 bits per heavy atom. The maximum Gasteiger partial charge on any atom is 0.257 e. The molecule has 12 heteroatoms. The summed E-state index contributed by atoms with van der Waals surface area (Å²) in [6.07, 6.45) is 1.47. The molecule has 164 valence electrons. The van der Waals surface area contributed by atoms with E-state index in [1.54, 1.807) is 29.2 Å². The third-order valence-electron chi connectivity index (χ3n) is 4.31. The number of piperazine rings is 1. The zero-order valence-electron chi connectivity index (χ0n) is 16.8. The molecule has 0 N–H and O–H groups in total. The lowest BCUT2D eigenvalue weighted by Gasteiger charge is -2.30. The van der Waals surface area contributed by atoms with E-state index >= 15 is 0 Å². The second-order valence-corrected chi connectivity index (χ2v) is 8.62. The highest BCUT2D eigenvalue weighted by Crippen LogP contribution is 2.17. The molecule has 1 aliphatic rings. The number of thioether (sulfide) groups is 2. The summed E-state index contributed by atoms with van der Waals surface area (Å²) in [5, 5.41) is 9.18. The molecule has 1 aliphatic heterocycles. The van der Waals surface area contributed by atoms with E-state index < -0.39 is 5.91 Å². The molecule has 0 atom stereocenters. The van der Waals surface area contributed by atoms with Crippen LogP contribution >= 0.6 is 23.5 Å². The standard InChI is InChI=1S/C19H21N5O5S2/c1-14(25)30-12-16(26)20-17-11-24(21-29-17)23-9-7-22(8-10-23)18(27)13-31-19(28)15-5-3-2-4-6-15/h2-6,11H,7-10,12-13H2,1H3. The summed E-state index contributed by atoms with van der Waals surface area (Å²) in [7, 11) is 0. The van der Waals surface area contributed by atoms with Gasteiger partial charge in [-0.15, -0.1) is 5.01 Å². The first-order chi connectivity index (χ1) is 14.9. The Morgan fingerprint density at radius 1 is 1.06 bits per heavy atom. The molecule has 0 bridgehead atoms. The van der Waals surface area contributed by atoms with Crippen LogP contribution < -0.4 is 9.80 Å². The summed E-state index contributed by atoms with van der Waals surface area (Å²) in [6, 6.07) is 8.86. The molecule has 0 aliphatic carbocycles. The minimum absolute atomic E-state index is 0.0449.